The molecule has 0 aromatic carbocycles. The lowest BCUT2D eigenvalue weighted by Crippen LogP contribution is -2.14. The number of pyridine rings is 1. The summed E-state index contributed by atoms with van der Waals surface area (Å²) in [6, 6.07) is 0. The number of nitrogens with zero attached hydrogens (tertiary/aromatic N) is 1. The van der Waals surface area contributed by atoms with Crippen molar-refractivity contribution in [3.05, 3.63) is 18.0 Å². The summed E-state index contributed by atoms with van der Waals surface area (Å²) in [5.74, 6) is -0.194. The highest BCUT2D eigenvalue weighted by atomic mass is 19.4. The summed E-state index contributed by atoms with van der Waals surface area (Å²) in [6.45, 7) is 3.47. The SMILES string of the molecule is CC(C)Oc1cncc(C(F)(F)F)c1OC1CC1. The fourth-order valence-electron chi connectivity index (χ4n) is 1.44. The average Bonchev–Trinajstić information content (AvgIpc) is 3.02. The predicted molar refractivity (Wildman–Crippen MR) is 58.7 cm³/mol. The standard InChI is InChI=1S/C12H14F3NO2/c1-7(2)17-10-6-16-5-9(12(13,14)15)11(10)18-8-3-4-8/h5-8H,3-4H2,1-2H3. The monoisotopic (exact) mass is 261 g/mol. The van der Waals surface area contributed by atoms with Crippen LogP contribution in [0.15, 0.2) is 12.4 Å². The van der Waals surface area contributed by atoms with Gasteiger partial charge in [-0.1, -0.05) is 0 Å². The molecular weight excluding hydrogens is 247 g/mol. The first-order valence-electron chi connectivity index (χ1n) is 5.76. The lowest BCUT2D eigenvalue weighted by molar-refractivity contribution is -0.139. The number of halogens is 3. The lowest BCUT2D eigenvalue weighted by atomic mass is 10.2. The fourth-order valence-corrected chi connectivity index (χ4v) is 1.44. The Hall–Kier alpha value is -1.46. The van der Waals surface area contributed by atoms with Crippen molar-refractivity contribution >= 4 is 0 Å². The van der Waals surface area contributed by atoms with Crippen molar-refractivity contribution in [1.82, 2.24) is 4.98 Å². The maximum absolute atomic E-state index is 12.9. The Labute approximate surface area is 103 Å². The minimum Gasteiger partial charge on any atom is -0.486 e. The van der Waals surface area contributed by atoms with Gasteiger partial charge in [-0.2, -0.15) is 13.2 Å². The van der Waals surface area contributed by atoms with Crippen LogP contribution in [-0.2, 0) is 6.18 Å². The molecule has 0 N–H and O–H groups in total. The molecule has 3 nitrogen and oxygen atoms in total. The molecule has 1 heterocycles. The van der Waals surface area contributed by atoms with E-state index in [1.807, 2.05) is 0 Å². The molecular formula is C12H14F3NO2. The van der Waals surface area contributed by atoms with Gasteiger partial charge in [0.15, 0.2) is 11.5 Å². The van der Waals surface area contributed by atoms with Gasteiger partial charge in [0.05, 0.1) is 18.4 Å². The second kappa shape index (κ2) is 4.66. The van der Waals surface area contributed by atoms with E-state index in [0.717, 1.165) is 19.0 Å². The van der Waals surface area contributed by atoms with E-state index in [1.54, 1.807) is 13.8 Å². The van der Waals surface area contributed by atoms with Crippen molar-refractivity contribution in [2.24, 2.45) is 0 Å². The van der Waals surface area contributed by atoms with Gasteiger partial charge in [-0.15, -0.1) is 0 Å². The zero-order valence-corrected chi connectivity index (χ0v) is 10.1. The Morgan fingerprint density at radius 2 is 1.94 bits per heavy atom. The summed E-state index contributed by atoms with van der Waals surface area (Å²) in [4.78, 5) is 3.57. The maximum Gasteiger partial charge on any atom is 0.421 e. The summed E-state index contributed by atoms with van der Waals surface area (Å²) in [5.41, 5.74) is -0.882. The van der Waals surface area contributed by atoms with Crippen molar-refractivity contribution in [3.63, 3.8) is 0 Å². The Balaban J connectivity index is 2.38. The van der Waals surface area contributed by atoms with Crippen LogP contribution in [0.25, 0.3) is 0 Å². The highest BCUT2D eigenvalue weighted by Gasteiger charge is 2.38. The fraction of sp³-hybridized carbons (Fsp3) is 0.583. The Kier molecular flexibility index (Phi) is 3.36. The minimum absolute atomic E-state index is 0.0479. The molecule has 1 aromatic rings. The van der Waals surface area contributed by atoms with Gasteiger partial charge in [0.25, 0.3) is 0 Å². The lowest BCUT2D eigenvalue weighted by Gasteiger charge is -2.18. The molecule has 0 bridgehead atoms. The van der Waals surface area contributed by atoms with Gasteiger partial charge in [0.1, 0.15) is 5.56 Å². The third-order valence-corrected chi connectivity index (χ3v) is 2.34. The summed E-state index contributed by atoms with van der Waals surface area (Å²) >= 11 is 0. The van der Waals surface area contributed by atoms with Crippen molar-refractivity contribution in [1.29, 1.82) is 0 Å². The molecule has 0 spiro atoms. The molecule has 1 aliphatic rings. The van der Waals surface area contributed by atoms with E-state index in [1.165, 1.54) is 6.20 Å². The number of alkyl halides is 3. The van der Waals surface area contributed by atoms with Gasteiger partial charge in [-0.25, -0.2) is 0 Å². The molecule has 1 saturated carbocycles. The Morgan fingerprint density at radius 1 is 1.28 bits per heavy atom. The highest BCUT2D eigenvalue weighted by Crippen LogP contribution is 2.43. The van der Waals surface area contributed by atoms with Gasteiger partial charge in [0, 0.05) is 6.20 Å². The van der Waals surface area contributed by atoms with E-state index in [9.17, 15) is 13.2 Å². The van der Waals surface area contributed by atoms with Crippen molar-refractivity contribution in [3.8, 4) is 11.5 Å². The topological polar surface area (TPSA) is 31.4 Å². The van der Waals surface area contributed by atoms with Crippen molar-refractivity contribution in [2.45, 2.75) is 45.1 Å². The number of rotatable bonds is 4. The van der Waals surface area contributed by atoms with E-state index in [0.29, 0.717) is 0 Å². The van der Waals surface area contributed by atoms with E-state index in [2.05, 4.69) is 4.98 Å². The number of aromatic nitrogens is 1. The maximum atomic E-state index is 12.9. The average molecular weight is 261 g/mol. The minimum atomic E-state index is -4.49. The molecule has 0 aliphatic heterocycles. The molecule has 100 valence electrons. The van der Waals surface area contributed by atoms with Crippen LogP contribution in [0, 0.1) is 0 Å². The Morgan fingerprint density at radius 3 is 2.44 bits per heavy atom. The third kappa shape index (κ3) is 3.05. The van der Waals surface area contributed by atoms with Crippen molar-refractivity contribution in [2.75, 3.05) is 0 Å². The first-order valence-corrected chi connectivity index (χ1v) is 5.76. The van der Waals surface area contributed by atoms with E-state index >= 15 is 0 Å². The summed E-state index contributed by atoms with van der Waals surface area (Å²) in [7, 11) is 0. The second-order valence-corrected chi connectivity index (χ2v) is 4.50. The summed E-state index contributed by atoms with van der Waals surface area (Å²) in [5, 5.41) is 0. The highest BCUT2D eigenvalue weighted by molar-refractivity contribution is 5.46. The molecule has 0 unspecified atom stereocenters. The van der Waals surface area contributed by atoms with Gasteiger partial charge in [0.2, 0.25) is 0 Å². The van der Waals surface area contributed by atoms with Crippen LogP contribution in [-0.4, -0.2) is 17.2 Å². The first-order chi connectivity index (χ1) is 8.38. The smallest absolute Gasteiger partial charge is 0.421 e. The van der Waals surface area contributed by atoms with Crippen LogP contribution >= 0.6 is 0 Å². The van der Waals surface area contributed by atoms with Crippen LogP contribution in [0.5, 0.6) is 11.5 Å². The quantitative estimate of drug-likeness (QED) is 0.832. The van der Waals surface area contributed by atoms with Crippen LogP contribution in [0.4, 0.5) is 13.2 Å². The van der Waals surface area contributed by atoms with Crippen LogP contribution in [0.2, 0.25) is 0 Å². The summed E-state index contributed by atoms with van der Waals surface area (Å²) < 4.78 is 49.2. The first kappa shape index (κ1) is 13.0. The normalized spacial score (nSPS) is 15.9. The van der Waals surface area contributed by atoms with Gasteiger partial charge < -0.3 is 9.47 Å². The number of ether oxygens (including phenoxy) is 2. The molecule has 0 amide bonds. The molecule has 18 heavy (non-hydrogen) atoms. The third-order valence-electron chi connectivity index (χ3n) is 2.34. The van der Waals surface area contributed by atoms with Gasteiger partial charge >= 0.3 is 6.18 Å². The number of hydrogen-bond donors (Lipinski definition) is 0. The molecule has 0 radical (unpaired) electrons. The van der Waals surface area contributed by atoms with Gasteiger partial charge in [-0.3, -0.25) is 4.98 Å². The van der Waals surface area contributed by atoms with Gasteiger partial charge in [-0.05, 0) is 26.7 Å². The van der Waals surface area contributed by atoms with Crippen molar-refractivity contribution < 1.29 is 22.6 Å². The van der Waals surface area contributed by atoms with Crippen LogP contribution in [0.3, 0.4) is 0 Å². The predicted octanol–water partition coefficient (Wildman–Crippen LogP) is 3.43. The molecule has 0 atom stereocenters. The number of hydrogen-bond acceptors (Lipinski definition) is 3. The molecule has 6 heteroatoms. The zero-order chi connectivity index (χ0) is 13.3. The Bertz CT molecular complexity index is 428. The van der Waals surface area contributed by atoms with Crippen LogP contribution < -0.4 is 9.47 Å². The molecule has 1 aliphatic carbocycles. The van der Waals surface area contributed by atoms with Crippen LogP contribution in [0.1, 0.15) is 32.3 Å². The molecule has 1 aromatic heterocycles. The second-order valence-electron chi connectivity index (χ2n) is 4.50. The summed E-state index contributed by atoms with van der Waals surface area (Å²) in [6.07, 6.45) is -1.28. The van der Waals surface area contributed by atoms with E-state index < -0.39 is 11.7 Å². The molecule has 2 rings (SSSR count). The largest absolute Gasteiger partial charge is 0.486 e. The zero-order valence-electron chi connectivity index (χ0n) is 10.1. The molecule has 0 saturated heterocycles. The van der Waals surface area contributed by atoms with E-state index in [4.69, 9.17) is 9.47 Å². The van der Waals surface area contributed by atoms with E-state index in [-0.39, 0.29) is 23.7 Å². The molecule has 1 fully saturated rings.